The Morgan fingerprint density at radius 2 is 1.81 bits per heavy atom. The fourth-order valence-corrected chi connectivity index (χ4v) is 3.01. The standard InChI is InChI=1S/C16H17Cl3N2/c1-2-7-21-16(11-6-8-20-10-15(11)19)9-12-13(17)4-3-5-14(12)18/h3-6,8,10,16,21H,2,7,9H2,1H3. The summed E-state index contributed by atoms with van der Waals surface area (Å²) in [5.41, 5.74) is 1.94. The molecule has 1 aromatic carbocycles. The minimum absolute atomic E-state index is 0.0536. The molecule has 1 N–H and O–H groups in total. The molecule has 0 saturated heterocycles. The Labute approximate surface area is 140 Å². The van der Waals surface area contributed by atoms with Gasteiger partial charge >= 0.3 is 0 Å². The zero-order valence-electron chi connectivity index (χ0n) is 11.7. The lowest BCUT2D eigenvalue weighted by Gasteiger charge is -2.21. The molecule has 0 aliphatic rings. The van der Waals surface area contributed by atoms with Crippen molar-refractivity contribution in [2.75, 3.05) is 6.54 Å². The number of hydrogen-bond donors (Lipinski definition) is 1. The van der Waals surface area contributed by atoms with Gasteiger partial charge in [-0.25, -0.2) is 0 Å². The van der Waals surface area contributed by atoms with Crippen molar-refractivity contribution in [2.45, 2.75) is 25.8 Å². The third kappa shape index (κ3) is 4.33. The quantitative estimate of drug-likeness (QED) is 0.767. The first-order valence-corrected chi connectivity index (χ1v) is 8.02. The minimum Gasteiger partial charge on any atom is -0.310 e. The lowest BCUT2D eigenvalue weighted by Crippen LogP contribution is -2.24. The first-order chi connectivity index (χ1) is 10.1. The maximum Gasteiger partial charge on any atom is 0.0637 e. The molecular weight excluding hydrogens is 327 g/mol. The monoisotopic (exact) mass is 342 g/mol. The van der Waals surface area contributed by atoms with E-state index < -0.39 is 0 Å². The first-order valence-electron chi connectivity index (χ1n) is 6.89. The fraction of sp³-hybridized carbons (Fsp3) is 0.312. The second-order valence-corrected chi connectivity index (χ2v) is 6.03. The molecule has 21 heavy (non-hydrogen) atoms. The summed E-state index contributed by atoms with van der Waals surface area (Å²) in [6.07, 6.45) is 5.12. The average molecular weight is 344 g/mol. The van der Waals surface area contributed by atoms with Gasteiger partial charge in [-0.05, 0) is 48.7 Å². The number of nitrogens with zero attached hydrogens (tertiary/aromatic N) is 1. The van der Waals surface area contributed by atoms with Gasteiger partial charge in [0.25, 0.3) is 0 Å². The Morgan fingerprint density at radius 3 is 2.43 bits per heavy atom. The van der Waals surface area contributed by atoms with E-state index in [9.17, 15) is 0 Å². The van der Waals surface area contributed by atoms with Crippen molar-refractivity contribution < 1.29 is 0 Å². The molecule has 2 nitrogen and oxygen atoms in total. The maximum absolute atomic E-state index is 6.28. The van der Waals surface area contributed by atoms with Crippen LogP contribution in [0.4, 0.5) is 0 Å². The second kappa shape index (κ2) is 8.00. The Hall–Kier alpha value is -0.800. The molecule has 2 aromatic rings. The summed E-state index contributed by atoms with van der Waals surface area (Å²) >= 11 is 18.8. The third-order valence-electron chi connectivity index (χ3n) is 3.29. The van der Waals surface area contributed by atoms with Gasteiger partial charge in [-0.15, -0.1) is 0 Å². The third-order valence-corrected chi connectivity index (χ3v) is 4.31. The molecule has 0 bridgehead atoms. The summed E-state index contributed by atoms with van der Waals surface area (Å²) in [7, 11) is 0. The van der Waals surface area contributed by atoms with Crippen LogP contribution in [0.25, 0.3) is 0 Å². The van der Waals surface area contributed by atoms with E-state index in [1.54, 1.807) is 12.4 Å². The molecule has 2 rings (SSSR count). The molecule has 0 saturated carbocycles. The molecule has 0 aliphatic heterocycles. The molecule has 1 aromatic heterocycles. The van der Waals surface area contributed by atoms with E-state index >= 15 is 0 Å². The van der Waals surface area contributed by atoms with Crippen LogP contribution in [-0.2, 0) is 6.42 Å². The molecule has 0 amide bonds. The van der Waals surface area contributed by atoms with Gasteiger partial charge in [0.15, 0.2) is 0 Å². The number of halogens is 3. The summed E-state index contributed by atoms with van der Waals surface area (Å²) in [6, 6.07) is 7.54. The van der Waals surface area contributed by atoms with Crippen LogP contribution in [0.3, 0.4) is 0 Å². The maximum atomic E-state index is 6.28. The van der Waals surface area contributed by atoms with Gasteiger partial charge < -0.3 is 5.32 Å². The van der Waals surface area contributed by atoms with E-state index in [0.717, 1.165) is 24.1 Å². The molecule has 0 fully saturated rings. The van der Waals surface area contributed by atoms with Gasteiger partial charge in [0, 0.05) is 28.5 Å². The Bertz CT molecular complexity index is 582. The van der Waals surface area contributed by atoms with E-state index in [4.69, 9.17) is 34.8 Å². The predicted octanol–water partition coefficient (Wildman–Crippen LogP) is 5.33. The minimum atomic E-state index is 0.0536. The Morgan fingerprint density at radius 1 is 1.10 bits per heavy atom. The van der Waals surface area contributed by atoms with Crippen molar-refractivity contribution in [1.82, 2.24) is 10.3 Å². The summed E-state index contributed by atoms with van der Waals surface area (Å²) in [5.74, 6) is 0. The van der Waals surface area contributed by atoms with Crippen LogP contribution in [0.2, 0.25) is 15.1 Å². The molecule has 1 atom stereocenters. The molecule has 112 valence electrons. The zero-order valence-corrected chi connectivity index (χ0v) is 14.0. The van der Waals surface area contributed by atoms with Crippen LogP contribution in [0.5, 0.6) is 0 Å². The van der Waals surface area contributed by atoms with Gasteiger partial charge in [-0.3, -0.25) is 4.98 Å². The van der Waals surface area contributed by atoms with Crippen LogP contribution in [0.15, 0.2) is 36.7 Å². The number of hydrogen-bond acceptors (Lipinski definition) is 2. The summed E-state index contributed by atoms with van der Waals surface area (Å²) in [6.45, 7) is 3.02. The van der Waals surface area contributed by atoms with E-state index in [0.29, 0.717) is 21.5 Å². The van der Waals surface area contributed by atoms with Gasteiger partial charge in [0.2, 0.25) is 0 Å². The van der Waals surface area contributed by atoms with Gasteiger partial charge in [-0.2, -0.15) is 0 Å². The molecule has 1 unspecified atom stereocenters. The van der Waals surface area contributed by atoms with Crippen molar-refractivity contribution in [3.05, 3.63) is 62.9 Å². The number of benzene rings is 1. The highest BCUT2D eigenvalue weighted by Crippen LogP contribution is 2.31. The highest BCUT2D eigenvalue weighted by atomic mass is 35.5. The molecule has 5 heteroatoms. The number of rotatable bonds is 6. The van der Waals surface area contributed by atoms with Gasteiger partial charge in [0.1, 0.15) is 0 Å². The van der Waals surface area contributed by atoms with E-state index in [2.05, 4.69) is 17.2 Å². The number of nitrogens with one attached hydrogen (secondary N) is 1. The van der Waals surface area contributed by atoms with Crippen LogP contribution in [0.1, 0.15) is 30.5 Å². The lowest BCUT2D eigenvalue weighted by atomic mass is 9.99. The lowest BCUT2D eigenvalue weighted by molar-refractivity contribution is 0.529. The van der Waals surface area contributed by atoms with Crippen LogP contribution in [-0.4, -0.2) is 11.5 Å². The Balaban J connectivity index is 2.31. The molecular formula is C16H17Cl3N2. The zero-order chi connectivity index (χ0) is 15.2. The SMILES string of the molecule is CCCNC(Cc1c(Cl)cccc1Cl)c1ccncc1Cl. The van der Waals surface area contributed by atoms with Crippen molar-refractivity contribution in [3.63, 3.8) is 0 Å². The van der Waals surface area contributed by atoms with E-state index in [1.807, 2.05) is 24.3 Å². The molecule has 0 radical (unpaired) electrons. The van der Waals surface area contributed by atoms with Crippen molar-refractivity contribution >= 4 is 34.8 Å². The van der Waals surface area contributed by atoms with Gasteiger partial charge in [0.05, 0.1) is 5.02 Å². The van der Waals surface area contributed by atoms with Crippen LogP contribution >= 0.6 is 34.8 Å². The molecule has 0 spiro atoms. The highest BCUT2D eigenvalue weighted by molar-refractivity contribution is 6.36. The Kier molecular flexibility index (Phi) is 6.31. The fourth-order valence-electron chi connectivity index (χ4n) is 2.21. The molecule has 0 aliphatic carbocycles. The normalized spacial score (nSPS) is 12.4. The summed E-state index contributed by atoms with van der Waals surface area (Å²) in [5, 5.41) is 5.50. The number of aromatic nitrogens is 1. The first kappa shape index (κ1) is 16.6. The van der Waals surface area contributed by atoms with Gasteiger partial charge in [-0.1, -0.05) is 47.8 Å². The van der Waals surface area contributed by atoms with Crippen LogP contribution < -0.4 is 5.32 Å². The van der Waals surface area contributed by atoms with Crippen LogP contribution in [0, 0.1) is 0 Å². The molecule has 1 heterocycles. The van der Waals surface area contributed by atoms with E-state index in [-0.39, 0.29) is 6.04 Å². The van der Waals surface area contributed by atoms with Crippen molar-refractivity contribution in [1.29, 1.82) is 0 Å². The average Bonchev–Trinajstić information content (AvgIpc) is 2.47. The summed E-state index contributed by atoms with van der Waals surface area (Å²) in [4.78, 5) is 4.04. The van der Waals surface area contributed by atoms with Crippen molar-refractivity contribution in [3.8, 4) is 0 Å². The predicted molar refractivity (Wildman–Crippen MR) is 90.4 cm³/mol. The second-order valence-electron chi connectivity index (χ2n) is 4.81. The van der Waals surface area contributed by atoms with E-state index in [1.165, 1.54) is 0 Å². The van der Waals surface area contributed by atoms with Crippen molar-refractivity contribution in [2.24, 2.45) is 0 Å². The largest absolute Gasteiger partial charge is 0.310 e. The number of pyridine rings is 1. The summed E-state index contributed by atoms with van der Waals surface area (Å²) < 4.78 is 0. The topological polar surface area (TPSA) is 24.9 Å². The highest BCUT2D eigenvalue weighted by Gasteiger charge is 2.17. The smallest absolute Gasteiger partial charge is 0.0637 e.